The molecule has 1 fully saturated rings. The molecular weight excluding hydrogens is 416 g/mol. The fourth-order valence-electron chi connectivity index (χ4n) is 3.42. The molecule has 8 heteroatoms. The molecular formula is C23H23ClN4O3. The predicted molar refractivity (Wildman–Crippen MR) is 119 cm³/mol. The van der Waals surface area contributed by atoms with Crippen LogP contribution in [0.4, 0.5) is 0 Å². The summed E-state index contributed by atoms with van der Waals surface area (Å²) < 4.78 is 0. The molecule has 1 aromatic carbocycles. The second-order valence-electron chi connectivity index (χ2n) is 7.67. The fraction of sp³-hybridized carbons (Fsp3) is 0.261. The molecule has 1 saturated carbocycles. The molecule has 0 aliphatic heterocycles. The van der Waals surface area contributed by atoms with Crippen LogP contribution >= 0.6 is 11.6 Å². The molecule has 1 aliphatic carbocycles. The Morgan fingerprint density at radius 1 is 1.26 bits per heavy atom. The van der Waals surface area contributed by atoms with Gasteiger partial charge in [-0.25, -0.2) is 4.98 Å². The van der Waals surface area contributed by atoms with Crippen molar-refractivity contribution in [3.63, 3.8) is 0 Å². The third kappa shape index (κ3) is 5.13. The van der Waals surface area contributed by atoms with Crippen LogP contribution in [-0.2, 0) is 11.2 Å². The van der Waals surface area contributed by atoms with Crippen molar-refractivity contribution in [3.8, 4) is 0 Å². The normalized spacial score (nSPS) is 15.4. The molecule has 1 aliphatic rings. The van der Waals surface area contributed by atoms with E-state index < -0.39 is 17.9 Å². The number of rotatable bonds is 7. The largest absolute Gasteiger partial charge is 0.379 e. The van der Waals surface area contributed by atoms with E-state index in [1.807, 2.05) is 30.3 Å². The third-order valence-electron chi connectivity index (χ3n) is 5.41. The number of amides is 2. The van der Waals surface area contributed by atoms with E-state index in [-0.39, 0.29) is 6.04 Å². The van der Waals surface area contributed by atoms with Gasteiger partial charge in [0.15, 0.2) is 6.10 Å². The number of carbonyl (C=O) groups excluding carboxylic acids is 2. The monoisotopic (exact) mass is 438 g/mol. The topological polar surface area (TPSA) is 107 Å². The molecule has 160 valence electrons. The lowest BCUT2D eigenvalue weighted by Gasteiger charge is -2.28. The quantitative estimate of drug-likeness (QED) is 0.425. The van der Waals surface area contributed by atoms with Gasteiger partial charge in [0, 0.05) is 17.6 Å². The summed E-state index contributed by atoms with van der Waals surface area (Å²) in [6.45, 7) is 0. The number of aliphatic hydroxyl groups is 1. The van der Waals surface area contributed by atoms with Crippen LogP contribution in [0.25, 0.3) is 10.9 Å². The number of H-pyrrole nitrogens is 1. The molecule has 2 heterocycles. The van der Waals surface area contributed by atoms with Gasteiger partial charge in [-0.15, -0.1) is 0 Å². The maximum Gasteiger partial charge on any atom is 0.271 e. The minimum Gasteiger partial charge on any atom is -0.379 e. The van der Waals surface area contributed by atoms with Crippen LogP contribution < -0.4 is 10.6 Å². The first kappa shape index (κ1) is 21.1. The van der Waals surface area contributed by atoms with E-state index in [1.165, 1.54) is 6.20 Å². The Balaban J connectivity index is 1.52. The van der Waals surface area contributed by atoms with Crippen LogP contribution in [0.2, 0.25) is 5.15 Å². The smallest absolute Gasteiger partial charge is 0.271 e. The Labute approximate surface area is 184 Å². The molecule has 31 heavy (non-hydrogen) atoms. The van der Waals surface area contributed by atoms with E-state index in [4.69, 9.17) is 11.6 Å². The molecule has 0 bridgehead atoms. The molecule has 2 aromatic heterocycles. The van der Waals surface area contributed by atoms with Gasteiger partial charge in [0.1, 0.15) is 10.8 Å². The predicted octanol–water partition coefficient (Wildman–Crippen LogP) is 3.10. The number of benzene rings is 1. The second kappa shape index (κ2) is 9.32. The van der Waals surface area contributed by atoms with Gasteiger partial charge in [-0.05, 0) is 49.0 Å². The van der Waals surface area contributed by atoms with Gasteiger partial charge >= 0.3 is 0 Å². The lowest BCUT2D eigenvalue weighted by atomic mass is 9.92. The summed E-state index contributed by atoms with van der Waals surface area (Å²) in [5.41, 5.74) is 2.33. The fourth-order valence-corrected chi connectivity index (χ4v) is 3.59. The first-order valence-electron chi connectivity index (χ1n) is 10.2. The van der Waals surface area contributed by atoms with E-state index >= 15 is 0 Å². The number of fused-ring (bicyclic) bond motifs is 1. The minimum absolute atomic E-state index is 0.112. The number of aromatic amines is 1. The van der Waals surface area contributed by atoms with Crippen molar-refractivity contribution in [2.24, 2.45) is 0 Å². The van der Waals surface area contributed by atoms with Gasteiger partial charge in [0.05, 0.1) is 11.7 Å². The summed E-state index contributed by atoms with van der Waals surface area (Å²) in [4.78, 5) is 32.1. The van der Waals surface area contributed by atoms with Crippen LogP contribution in [0.5, 0.6) is 0 Å². The van der Waals surface area contributed by atoms with Crippen LogP contribution in [-0.4, -0.2) is 39.0 Å². The van der Waals surface area contributed by atoms with Gasteiger partial charge in [0.2, 0.25) is 0 Å². The highest BCUT2D eigenvalue weighted by atomic mass is 35.5. The molecule has 0 unspecified atom stereocenters. The molecule has 0 radical (unpaired) electrons. The summed E-state index contributed by atoms with van der Waals surface area (Å²) in [7, 11) is 0. The Morgan fingerprint density at radius 2 is 2.03 bits per heavy atom. The summed E-state index contributed by atoms with van der Waals surface area (Å²) in [6, 6.07) is 12.9. The van der Waals surface area contributed by atoms with Gasteiger partial charge in [-0.3, -0.25) is 9.59 Å². The van der Waals surface area contributed by atoms with E-state index in [0.717, 1.165) is 30.2 Å². The summed E-state index contributed by atoms with van der Waals surface area (Å²) in [6.07, 6.45) is 4.86. The molecule has 0 saturated heterocycles. The zero-order chi connectivity index (χ0) is 21.8. The number of nitrogens with zero attached hydrogens (tertiary/aromatic N) is 1. The van der Waals surface area contributed by atoms with E-state index in [1.54, 1.807) is 18.3 Å². The Hall–Kier alpha value is -3.16. The van der Waals surface area contributed by atoms with Crippen molar-refractivity contribution in [2.45, 2.75) is 37.8 Å². The standard InChI is InChI=1S/C23H23ClN4O3/c24-20-11-15-10-18(28-19(15)13-25-20)22(30)26-12-16(9-14-5-2-1-3-6-14)21(29)23(31)27-17-7-4-8-17/h1-3,5-6,10-13,17,21,28-29H,4,7-9H2,(H,26,30)(H,27,31)/t21-/m1/s1. The maximum atomic E-state index is 12.7. The van der Waals surface area contributed by atoms with Crippen molar-refractivity contribution < 1.29 is 14.7 Å². The molecule has 7 nitrogen and oxygen atoms in total. The van der Waals surface area contributed by atoms with Crippen molar-refractivity contribution in [3.05, 3.63) is 76.8 Å². The van der Waals surface area contributed by atoms with E-state index in [9.17, 15) is 14.7 Å². The van der Waals surface area contributed by atoms with Crippen molar-refractivity contribution >= 4 is 34.3 Å². The first-order valence-corrected chi connectivity index (χ1v) is 10.5. The number of aliphatic hydroxyl groups excluding tert-OH is 1. The summed E-state index contributed by atoms with van der Waals surface area (Å²) in [5.74, 6) is -0.850. The van der Waals surface area contributed by atoms with E-state index in [2.05, 4.69) is 20.6 Å². The van der Waals surface area contributed by atoms with Crippen LogP contribution in [0, 0.1) is 0 Å². The Bertz CT molecular complexity index is 1120. The first-order chi connectivity index (χ1) is 15.0. The number of pyridine rings is 1. The molecule has 3 aromatic rings. The molecule has 2 amide bonds. The average Bonchev–Trinajstić information content (AvgIpc) is 3.16. The highest BCUT2D eigenvalue weighted by Gasteiger charge is 2.26. The van der Waals surface area contributed by atoms with Crippen LogP contribution in [0.3, 0.4) is 0 Å². The average molecular weight is 439 g/mol. The summed E-state index contributed by atoms with van der Waals surface area (Å²) >= 11 is 5.90. The van der Waals surface area contributed by atoms with Crippen LogP contribution in [0.15, 0.2) is 60.4 Å². The maximum absolute atomic E-state index is 12.7. The van der Waals surface area contributed by atoms with Crippen LogP contribution in [0.1, 0.15) is 35.3 Å². The molecule has 4 N–H and O–H groups in total. The minimum atomic E-state index is -1.35. The Morgan fingerprint density at radius 3 is 2.74 bits per heavy atom. The second-order valence-corrected chi connectivity index (χ2v) is 8.06. The highest BCUT2D eigenvalue weighted by molar-refractivity contribution is 6.30. The van der Waals surface area contributed by atoms with Crippen molar-refractivity contribution in [1.29, 1.82) is 0 Å². The number of hydrogen-bond acceptors (Lipinski definition) is 4. The van der Waals surface area contributed by atoms with Gasteiger partial charge in [-0.1, -0.05) is 41.9 Å². The zero-order valence-corrected chi connectivity index (χ0v) is 17.5. The van der Waals surface area contributed by atoms with E-state index in [0.29, 0.717) is 28.4 Å². The number of hydrogen-bond donors (Lipinski definition) is 4. The Kier molecular flexibility index (Phi) is 6.34. The number of carbonyl (C=O) groups is 2. The van der Waals surface area contributed by atoms with Crippen molar-refractivity contribution in [2.75, 3.05) is 0 Å². The van der Waals surface area contributed by atoms with Gasteiger partial charge < -0.3 is 20.7 Å². The van der Waals surface area contributed by atoms with Gasteiger partial charge in [0.25, 0.3) is 11.8 Å². The zero-order valence-electron chi connectivity index (χ0n) is 16.8. The third-order valence-corrected chi connectivity index (χ3v) is 5.61. The highest BCUT2D eigenvalue weighted by Crippen LogP contribution is 2.20. The lowest BCUT2D eigenvalue weighted by Crippen LogP contribution is -2.45. The number of nitrogens with one attached hydrogen (secondary N) is 3. The molecule has 4 rings (SSSR count). The molecule has 0 spiro atoms. The SMILES string of the molecule is O=C(NC=C(Cc1ccccc1)[C@@H](O)C(=O)NC1CCC1)c1cc2cc(Cl)ncc2[nH]1. The van der Waals surface area contributed by atoms with Gasteiger partial charge in [-0.2, -0.15) is 0 Å². The lowest BCUT2D eigenvalue weighted by molar-refractivity contribution is -0.128. The number of halogens is 1. The summed E-state index contributed by atoms with van der Waals surface area (Å²) in [5, 5.41) is 17.3. The van der Waals surface area contributed by atoms with Crippen molar-refractivity contribution in [1.82, 2.24) is 20.6 Å². The number of aromatic nitrogens is 2. The molecule has 1 atom stereocenters.